The number of hydrogen-bond acceptors (Lipinski definition) is 9. The van der Waals surface area contributed by atoms with Crippen LogP contribution in [-0.4, -0.2) is 63.0 Å². The molecule has 0 aromatic carbocycles. The van der Waals surface area contributed by atoms with Crippen molar-refractivity contribution in [3.63, 3.8) is 0 Å². The Kier molecular flexibility index (Phi) is 8.62. The van der Waals surface area contributed by atoms with Crippen LogP contribution in [0.3, 0.4) is 0 Å². The predicted molar refractivity (Wildman–Crippen MR) is 148 cm³/mol. The number of hydrogen-bond donors (Lipinski definition) is 1. The Morgan fingerprint density at radius 3 is 2.55 bits per heavy atom. The Morgan fingerprint density at radius 1 is 1.27 bits per heavy atom. The molecular weight excluding hydrogens is 543 g/mol. The molecule has 1 atom stereocenters. The number of aliphatic imine (C=N–C) groups is 2. The first-order valence-corrected chi connectivity index (χ1v) is 13.7. The third-order valence-electron chi connectivity index (χ3n) is 6.42. The number of rotatable bonds is 8. The van der Waals surface area contributed by atoms with E-state index in [1.54, 1.807) is 26.1 Å². The summed E-state index contributed by atoms with van der Waals surface area (Å²) in [5.41, 5.74) is 2.40. The number of amidine groups is 2. The van der Waals surface area contributed by atoms with Gasteiger partial charge in [0.15, 0.2) is 11.7 Å². The van der Waals surface area contributed by atoms with Gasteiger partial charge in [0.2, 0.25) is 5.88 Å². The van der Waals surface area contributed by atoms with Gasteiger partial charge in [0, 0.05) is 17.0 Å². The monoisotopic (exact) mass is 573 g/mol. The second-order valence-electron chi connectivity index (χ2n) is 9.54. The molecule has 3 heterocycles. The van der Waals surface area contributed by atoms with Gasteiger partial charge in [-0.25, -0.2) is 20.0 Å². The lowest BCUT2D eigenvalue weighted by Gasteiger charge is -2.35. The SMILES string of the molecule is C=C(/N=C1\C(=C(C)C)N=C(NCc2ccc(SC)cn2)C(=O)N1C(C)C(F)(F)F)c1c(OC)ncnc1C1CC1. The van der Waals surface area contributed by atoms with Crippen LogP contribution >= 0.6 is 11.8 Å². The first kappa shape index (κ1) is 29.2. The number of carbonyl (C=O) groups excluding carboxylic acids is 1. The standard InChI is InChI=1S/C27H30F3N7O2S/c1-14(2)21-24(35-15(3)20-22(17-7-8-17)33-13-34-25(20)39-5)37(16(4)27(28,29)30)26(38)23(36-21)32-11-18-9-10-19(40-6)12-31-18/h9-10,12-13,16-17H,3,7-8,11H2,1-2,4-6H3,(H,32,36)/b35-24+. The van der Waals surface area contributed by atoms with Gasteiger partial charge in [0.1, 0.15) is 18.1 Å². The average Bonchev–Trinajstić information content (AvgIpc) is 3.77. The minimum atomic E-state index is -4.74. The first-order chi connectivity index (χ1) is 19.0. The first-order valence-electron chi connectivity index (χ1n) is 12.5. The lowest BCUT2D eigenvalue weighted by Crippen LogP contribution is -2.57. The third-order valence-corrected chi connectivity index (χ3v) is 7.13. The van der Waals surface area contributed by atoms with Crippen LogP contribution in [0, 0.1) is 0 Å². The molecule has 2 aromatic rings. The number of amides is 1. The van der Waals surface area contributed by atoms with Crippen LogP contribution in [0.1, 0.15) is 56.5 Å². The second-order valence-corrected chi connectivity index (χ2v) is 10.4. The number of nitrogens with zero attached hydrogens (tertiary/aromatic N) is 6. The molecule has 9 nitrogen and oxygen atoms in total. The molecule has 0 bridgehead atoms. The molecule has 0 radical (unpaired) electrons. The minimum absolute atomic E-state index is 0.0740. The van der Waals surface area contributed by atoms with Crippen molar-refractivity contribution >= 4 is 35.0 Å². The molecule has 0 saturated heterocycles. The number of carbonyl (C=O) groups is 1. The van der Waals surface area contributed by atoms with Crippen molar-refractivity contribution in [3.05, 3.63) is 59.5 Å². The molecule has 0 spiro atoms. The van der Waals surface area contributed by atoms with E-state index in [1.807, 2.05) is 12.3 Å². The van der Waals surface area contributed by atoms with E-state index in [1.165, 1.54) is 25.2 Å². The van der Waals surface area contributed by atoms with Crippen molar-refractivity contribution in [2.45, 2.75) is 63.2 Å². The molecule has 1 saturated carbocycles. The van der Waals surface area contributed by atoms with Crippen LogP contribution in [0.2, 0.25) is 0 Å². The number of alkyl halides is 3. The molecule has 1 fully saturated rings. The van der Waals surface area contributed by atoms with Gasteiger partial charge in [-0.2, -0.15) is 13.2 Å². The summed E-state index contributed by atoms with van der Waals surface area (Å²) in [6.45, 7) is 8.39. The van der Waals surface area contributed by atoms with Gasteiger partial charge in [-0.05, 0) is 57.6 Å². The Bertz CT molecular complexity index is 1400. The van der Waals surface area contributed by atoms with Gasteiger partial charge >= 0.3 is 6.18 Å². The molecule has 212 valence electrons. The molecule has 1 N–H and O–H groups in total. The van der Waals surface area contributed by atoms with E-state index in [0.29, 0.717) is 27.4 Å². The summed E-state index contributed by atoms with van der Waals surface area (Å²) >= 11 is 1.53. The van der Waals surface area contributed by atoms with E-state index in [2.05, 4.69) is 36.8 Å². The summed E-state index contributed by atoms with van der Waals surface area (Å²) in [6.07, 6.45) is 2.03. The van der Waals surface area contributed by atoms with Gasteiger partial charge in [0.05, 0.1) is 36.3 Å². The quantitative estimate of drug-likeness (QED) is 0.437. The topological polar surface area (TPSA) is 105 Å². The molecule has 1 aliphatic carbocycles. The molecule has 13 heteroatoms. The zero-order valence-electron chi connectivity index (χ0n) is 22.8. The fraction of sp³-hybridized carbons (Fsp3) is 0.407. The highest BCUT2D eigenvalue weighted by Gasteiger charge is 2.47. The number of aromatic nitrogens is 3. The van der Waals surface area contributed by atoms with Crippen LogP contribution in [0.25, 0.3) is 5.70 Å². The number of thioether (sulfide) groups is 1. The Hall–Kier alpha value is -3.74. The Labute approximate surface area is 234 Å². The van der Waals surface area contributed by atoms with Crippen LogP contribution < -0.4 is 10.1 Å². The maximum absolute atomic E-state index is 14.1. The van der Waals surface area contributed by atoms with Crippen LogP contribution in [0.15, 0.2) is 57.4 Å². The number of nitrogens with one attached hydrogen (secondary N) is 1. The lowest BCUT2D eigenvalue weighted by atomic mass is 10.1. The normalized spacial score (nSPS) is 17.6. The van der Waals surface area contributed by atoms with Crippen LogP contribution in [0.4, 0.5) is 13.2 Å². The highest BCUT2D eigenvalue weighted by atomic mass is 32.2. The van der Waals surface area contributed by atoms with Gasteiger partial charge < -0.3 is 10.1 Å². The van der Waals surface area contributed by atoms with E-state index in [9.17, 15) is 18.0 Å². The van der Waals surface area contributed by atoms with E-state index in [0.717, 1.165) is 24.7 Å². The molecule has 1 amide bonds. The zero-order chi connectivity index (χ0) is 29.2. The summed E-state index contributed by atoms with van der Waals surface area (Å²) < 4.78 is 47.8. The number of pyridine rings is 1. The summed E-state index contributed by atoms with van der Waals surface area (Å²) in [5, 5.41) is 2.87. The number of halogens is 3. The number of ether oxygens (including phenoxy) is 1. The van der Waals surface area contributed by atoms with E-state index < -0.39 is 18.1 Å². The number of allylic oxidation sites excluding steroid dienone is 1. The number of methoxy groups -OCH3 is 1. The third kappa shape index (κ3) is 6.19. The second kappa shape index (κ2) is 11.8. The molecule has 1 aliphatic heterocycles. The minimum Gasteiger partial charge on any atom is -0.480 e. The summed E-state index contributed by atoms with van der Waals surface area (Å²) in [6, 6.07) is 1.44. The van der Waals surface area contributed by atoms with Crippen LogP contribution in [-0.2, 0) is 11.3 Å². The van der Waals surface area contributed by atoms with Gasteiger partial charge in [-0.3, -0.25) is 14.7 Å². The Balaban J connectivity index is 1.78. The summed E-state index contributed by atoms with van der Waals surface area (Å²) in [4.78, 5) is 36.9. The highest BCUT2D eigenvalue weighted by molar-refractivity contribution is 7.98. The van der Waals surface area contributed by atoms with Gasteiger partial charge in [0.25, 0.3) is 5.91 Å². The van der Waals surface area contributed by atoms with Crippen molar-refractivity contribution in [2.75, 3.05) is 13.4 Å². The maximum atomic E-state index is 14.1. The summed E-state index contributed by atoms with van der Waals surface area (Å²) in [7, 11) is 1.43. The molecular formula is C27H30F3N7O2S. The lowest BCUT2D eigenvalue weighted by molar-refractivity contribution is -0.173. The average molecular weight is 574 g/mol. The van der Waals surface area contributed by atoms with E-state index in [-0.39, 0.29) is 41.4 Å². The molecule has 2 aromatic heterocycles. The Morgan fingerprint density at radius 2 is 2.00 bits per heavy atom. The van der Waals surface area contributed by atoms with Crippen molar-refractivity contribution < 1.29 is 22.7 Å². The largest absolute Gasteiger partial charge is 0.480 e. The van der Waals surface area contributed by atoms with E-state index in [4.69, 9.17) is 4.74 Å². The predicted octanol–water partition coefficient (Wildman–Crippen LogP) is 5.12. The molecule has 40 heavy (non-hydrogen) atoms. The summed E-state index contributed by atoms with van der Waals surface area (Å²) in [5.74, 6) is -1.13. The molecule has 2 aliphatic rings. The smallest absolute Gasteiger partial charge is 0.409 e. The highest BCUT2D eigenvalue weighted by Crippen LogP contribution is 2.44. The zero-order valence-corrected chi connectivity index (χ0v) is 23.7. The maximum Gasteiger partial charge on any atom is 0.409 e. The van der Waals surface area contributed by atoms with Gasteiger partial charge in [-0.1, -0.05) is 6.58 Å². The van der Waals surface area contributed by atoms with E-state index >= 15 is 0 Å². The van der Waals surface area contributed by atoms with Gasteiger partial charge in [-0.15, -0.1) is 11.8 Å². The van der Waals surface area contributed by atoms with Crippen molar-refractivity contribution in [2.24, 2.45) is 9.98 Å². The molecule has 4 rings (SSSR count). The fourth-order valence-electron chi connectivity index (χ4n) is 4.07. The van der Waals surface area contributed by atoms with Crippen LogP contribution in [0.5, 0.6) is 5.88 Å². The van der Waals surface area contributed by atoms with Crippen molar-refractivity contribution in [3.8, 4) is 5.88 Å². The fourth-order valence-corrected chi connectivity index (χ4v) is 4.43. The molecule has 1 unspecified atom stereocenters. The van der Waals surface area contributed by atoms with Crippen molar-refractivity contribution in [1.29, 1.82) is 0 Å². The van der Waals surface area contributed by atoms with Crippen molar-refractivity contribution in [1.82, 2.24) is 25.2 Å².